The van der Waals surface area contributed by atoms with Crippen molar-refractivity contribution in [1.82, 2.24) is 4.98 Å². The van der Waals surface area contributed by atoms with E-state index in [0.717, 1.165) is 28.5 Å². The van der Waals surface area contributed by atoms with E-state index >= 15 is 0 Å². The van der Waals surface area contributed by atoms with E-state index in [-0.39, 0.29) is 5.71 Å². The van der Waals surface area contributed by atoms with Gasteiger partial charge in [-0.15, -0.1) is 0 Å². The second kappa shape index (κ2) is 6.29. The minimum atomic E-state index is -0.862. The second-order valence-electron chi connectivity index (χ2n) is 6.51. The van der Waals surface area contributed by atoms with Crippen molar-refractivity contribution in [3.8, 4) is 11.1 Å². The van der Waals surface area contributed by atoms with Gasteiger partial charge in [0.05, 0.1) is 0 Å². The summed E-state index contributed by atoms with van der Waals surface area (Å²) in [5.74, 6) is -0.341. The highest BCUT2D eigenvalue weighted by Gasteiger charge is 2.31. The van der Waals surface area contributed by atoms with Gasteiger partial charge in [0.1, 0.15) is 11.9 Å². The number of hydrogen-bond acceptors (Lipinski definition) is 5. The van der Waals surface area contributed by atoms with E-state index in [1.54, 1.807) is 11.0 Å². The van der Waals surface area contributed by atoms with Crippen LogP contribution in [0.4, 0.5) is 5.82 Å². The Morgan fingerprint density at radius 2 is 2.04 bits per heavy atom. The van der Waals surface area contributed by atoms with Crippen LogP contribution < -0.4 is 10.5 Å². The van der Waals surface area contributed by atoms with Crippen LogP contribution in [0.15, 0.2) is 51.7 Å². The van der Waals surface area contributed by atoms with Gasteiger partial charge in [0.15, 0.2) is 0 Å². The van der Waals surface area contributed by atoms with E-state index in [9.17, 15) is 14.7 Å². The summed E-state index contributed by atoms with van der Waals surface area (Å²) >= 11 is 0. The van der Waals surface area contributed by atoms with Crippen LogP contribution in [0.25, 0.3) is 22.2 Å². The van der Waals surface area contributed by atoms with Crippen molar-refractivity contribution >= 4 is 22.9 Å². The molecule has 1 aliphatic heterocycles. The van der Waals surface area contributed by atoms with Crippen LogP contribution in [-0.4, -0.2) is 28.6 Å². The van der Waals surface area contributed by atoms with Crippen LogP contribution in [0.2, 0.25) is 0 Å². The molecule has 6 heteroatoms. The highest BCUT2D eigenvalue weighted by molar-refractivity contribution is 5.93. The number of carbonyl (C=O) groups is 1. The van der Waals surface area contributed by atoms with Gasteiger partial charge < -0.3 is 14.4 Å². The van der Waals surface area contributed by atoms with Gasteiger partial charge in [0, 0.05) is 23.6 Å². The molecule has 26 heavy (non-hydrogen) atoms. The minimum absolute atomic E-state index is 0.226. The lowest BCUT2D eigenvalue weighted by atomic mass is 9.99. The summed E-state index contributed by atoms with van der Waals surface area (Å²) in [6.45, 7) is 2.61. The number of aryl methyl sites for hydroxylation is 1. The standard InChI is InChI=1S/C20H18N2O4/c1-12-5-2-3-6-13(12)15-11-18(23)26-19-14(15)8-9-17(21-19)22-10-4-7-16(22)20(24)25/h2-3,5-6,8-9,11,16H,4,7,10H2,1H3,(H,24,25)/t16-/m1/s1. The smallest absolute Gasteiger partial charge is 0.338 e. The van der Waals surface area contributed by atoms with E-state index in [1.807, 2.05) is 37.3 Å². The Balaban J connectivity index is 1.87. The summed E-state index contributed by atoms with van der Waals surface area (Å²) in [5.41, 5.74) is 2.52. The highest BCUT2D eigenvalue weighted by Crippen LogP contribution is 2.31. The van der Waals surface area contributed by atoms with E-state index in [0.29, 0.717) is 18.8 Å². The van der Waals surface area contributed by atoms with E-state index in [2.05, 4.69) is 4.98 Å². The average molecular weight is 350 g/mol. The molecule has 1 fully saturated rings. The fourth-order valence-corrected chi connectivity index (χ4v) is 3.59. The lowest BCUT2D eigenvalue weighted by Crippen LogP contribution is -2.36. The number of benzene rings is 1. The van der Waals surface area contributed by atoms with Crippen LogP contribution in [0, 0.1) is 6.92 Å². The summed E-state index contributed by atoms with van der Waals surface area (Å²) < 4.78 is 5.32. The Morgan fingerprint density at radius 3 is 2.81 bits per heavy atom. The van der Waals surface area contributed by atoms with Gasteiger partial charge in [0.2, 0.25) is 5.71 Å². The summed E-state index contributed by atoms with van der Waals surface area (Å²) in [6.07, 6.45) is 1.38. The van der Waals surface area contributed by atoms with Crippen molar-refractivity contribution < 1.29 is 14.3 Å². The molecule has 0 aliphatic carbocycles. The van der Waals surface area contributed by atoms with Crippen LogP contribution in [0.3, 0.4) is 0 Å². The second-order valence-corrected chi connectivity index (χ2v) is 6.51. The normalized spacial score (nSPS) is 17.0. The van der Waals surface area contributed by atoms with Crippen molar-refractivity contribution in [2.45, 2.75) is 25.8 Å². The molecule has 4 rings (SSSR count). The van der Waals surface area contributed by atoms with Gasteiger partial charge in [-0.3, -0.25) is 0 Å². The van der Waals surface area contributed by atoms with Crippen molar-refractivity contribution in [2.75, 3.05) is 11.4 Å². The zero-order valence-corrected chi connectivity index (χ0v) is 14.3. The third-order valence-electron chi connectivity index (χ3n) is 4.86. The molecule has 3 aromatic rings. The number of nitrogens with zero attached hydrogens (tertiary/aromatic N) is 2. The molecule has 1 aromatic carbocycles. The van der Waals surface area contributed by atoms with Crippen LogP contribution in [-0.2, 0) is 4.79 Å². The van der Waals surface area contributed by atoms with Crippen molar-refractivity contribution in [2.24, 2.45) is 0 Å². The Labute approximate surface area is 149 Å². The third kappa shape index (κ3) is 2.73. The Morgan fingerprint density at radius 1 is 1.23 bits per heavy atom. The lowest BCUT2D eigenvalue weighted by molar-refractivity contribution is -0.138. The van der Waals surface area contributed by atoms with Crippen molar-refractivity contribution in [3.63, 3.8) is 0 Å². The van der Waals surface area contributed by atoms with Crippen molar-refractivity contribution in [1.29, 1.82) is 0 Å². The largest absolute Gasteiger partial charge is 0.480 e. The third-order valence-corrected chi connectivity index (χ3v) is 4.86. The van der Waals surface area contributed by atoms with Crippen LogP contribution >= 0.6 is 0 Å². The molecule has 0 unspecified atom stereocenters. The van der Waals surface area contributed by atoms with Gasteiger partial charge in [0.25, 0.3) is 0 Å². The number of carboxylic acid groups (broad SMARTS) is 1. The maximum Gasteiger partial charge on any atom is 0.338 e. The maximum atomic E-state index is 12.1. The van der Waals surface area contributed by atoms with Crippen molar-refractivity contribution in [3.05, 3.63) is 58.4 Å². The fraction of sp³-hybridized carbons (Fsp3) is 0.250. The molecule has 0 radical (unpaired) electrons. The quantitative estimate of drug-likeness (QED) is 0.781. The number of hydrogen-bond donors (Lipinski definition) is 1. The summed E-state index contributed by atoms with van der Waals surface area (Å²) in [4.78, 5) is 29.7. The first kappa shape index (κ1) is 16.3. The zero-order chi connectivity index (χ0) is 18.3. The number of pyridine rings is 1. The minimum Gasteiger partial charge on any atom is -0.480 e. The first-order valence-electron chi connectivity index (χ1n) is 8.55. The van der Waals surface area contributed by atoms with Gasteiger partial charge in [-0.25, -0.2) is 9.59 Å². The molecule has 0 spiro atoms. The van der Waals surface area contributed by atoms with E-state index < -0.39 is 17.6 Å². The number of fused-ring (bicyclic) bond motifs is 1. The molecule has 0 saturated carbocycles. The number of aromatic nitrogens is 1. The first-order chi connectivity index (χ1) is 12.5. The number of carboxylic acids is 1. The van der Waals surface area contributed by atoms with Crippen LogP contribution in [0.5, 0.6) is 0 Å². The molecule has 6 nitrogen and oxygen atoms in total. The zero-order valence-electron chi connectivity index (χ0n) is 14.3. The predicted octanol–water partition coefficient (Wildman–Crippen LogP) is 3.22. The molecule has 1 N–H and O–H groups in total. The van der Waals surface area contributed by atoms with Gasteiger partial charge in [-0.05, 0) is 43.0 Å². The fourth-order valence-electron chi connectivity index (χ4n) is 3.59. The van der Waals surface area contributed by atoms with E-state index in [4.69, 9.17) is 4.42 Å². The summed E-state index contributed by atoms with van der Waals surface area (Å²) in [7, 11) is 0. The first-order valence-corrected chi connectivity index (χ1v) is 8.55. The Hall–Kier alpha value is -3.15. The number of aliphatic carboxylic acids is 1. The Kier molecular flexibility index (Phi) is 3.95. The molecule has 0 amide bonds. The SMILES string of the molecule is Cc1ccccc1-c1cc(=O)oc2nc(N3CCC[C@@H]3C(=O)O)ccc12. The molecule has 132 valence electrons. The average Bonchev–Trinajstić information content (AvgIpc) is 3.11. The monoisotopic (exact) mass is 350 g/mol. The molecular formula is C20H18N2O4. The molecule has 1 aliphatic rings. The highest BCUT2D eigenvalue weighted by atomic mass is 16.4. The lowest BCUT2D eigenvalue weighted by Gasteiger charge is -2.22. The summed E-state index contributed by atoms with van der Waals surface area (Å²) in [5, 5.41) is 10.1. The van der Waals surface area contributed by atoms with E-state index in [1.165, 1.54) is 6.07 Å². The molecule has 3 heterocycles. The molecule has 2 aromatic heterocycles. The maximum absolute atomic E-state index is 12.1. The predicted molar refractivity (Wildman–Crippen MR) is 98.5 cm³/mol. The summed E-state index contributed by atoms with van der Waals surface area (Å²) in [6, 6.07) is 12.3. The molecular weight excluding hydrogens is 332 g/mol. The van der Waals surface area contributed by atoms with Gasteiger partial charge >= 0.3 is 11.6 Å². The molecule has 1 atom stereocenters. The van der Waals surface area contributed by atoms with Gasteiger partial charge in [-0.2, -0.15) is 4.98 Å². The number of anilines is 1. The number of rotatable bonds is 3. The molecule has 1 saturated heterocycles. The topological polar surface area (TPSA) is 83.6 Å². The molecule has 0 bridgehead atoms. The van der Waals surface area contributed by atoms with Crippen LogP contribution in [0.1, 0.15) is 18.4 Å². The van der Waals surface area contributed by atoms with Gasteiger partial charge in [-0.1, -0.05) is 24.3 Å². The Bertz CT molecular complexity index is 1060.